The van der Waals surface area contributed by atoms with E-state index in [2.05, 4.69) is 5.32 Å². The van der Waals surface area contributed by atoms with Crippen molar-refractivity contribution in [1.29, 1.82) is 0 Å². The lowest BCUT2D eigenvalue weighted by atomic mass is 9.57. The van der Waals surface area contributed by atoms with Crippen LogP contribution in [0.5, 0.6) is 0 Å². The molecule has 1 spiro atoms. The van der Waals surface area contributed by atoms with Gasteiger partial charge in [-0.25, -0.2) is 9.18 Å². The number of likely N-dealkylation sites (tertiary alicyclic amines) is 2. The van der Waals surface area contributed by atoms with Crippen molar-refractivity contribution in [2.45, 2.75) is 70.4 Å². The first-order valence-electron chi connectivity index (χ1n) is 14.1. The number of halogens is 1. The summed E-state index contributed by atoms with van der Waals surface area (Å²) in [5.41, 5.74) is 0.134. The lowest BCUT2D eigenvalue weighted by molar-refractivity contribution is -0.153. The van der Waals surface area contributed by atoms with Crippen molar-refractivity contribution in [3.63, 3.8) is 0 Å². The molecule has 1 aromatic carbocycles. The Kier molecular flexibility index (Phi) is 7.78. The van der Waals surface area contributed by atoms with Gasteiger partial charge in [0.2, 0.25) is 5.91 Å². The number of hydrogen-bond acceptors (Lipinski definition) is 4. The number of benzene rings is 1. The standard InChI is InChI=1S/C29H42FN3O4/c1-3-6-26(35)33-18-29(11-13-32(14-12-29)28(36)31-24-8-5-4-7-23(24)30)27-21-10-9-20(37-2)15-19(21)16-22(27)25(33)17-34/h4-5,7-8,19-22,25,27,34H,3,6,9-18H2,1-2H3,(H,31,36)/t19?,20?,21?,22?,25-,27?/m0/s1. The molecular formula is C29H42FN3O4. The zero-order chi connectivity index (χ0) is 26.2. The molecule has 2 aliphatic heterocycles. The molecule has 0 radical (unpaired) electrons. The van der Waals surface area contributed by atoms with Crippen LogP contribution in [0.1, 0.15) is 58.3 Å². The molecule has 5 rings (SSSR count). The second-order valence-corrected chi connectivity index (χ2v) is 11.8. The smallest absolute Gasteiger partial charge is 0.321 e. The van der Waals surface area contributed by atoms with E-state index >= 15 is 0 Å². The third kappa shape index (κ3) is 4.87. The molecule has 1 aromatic rings. The van der Waals surface area contributed by atoms with Crippen molar-refractivity contribution in [2.75, 3.05) is 38.7 Å². The number of aliphatic hydroxyl groups excluding tert-OH is 1. The van der Waals surface area contributed by atoms with E-state index in [1.807, 2.05) is 11.8 Å². The number of piperidine rings is 2. The van der Waals surface area contributed by atoms with Gasteiger partial charge in [0, 0.05) is 33.2 Å². The maximum atomic E-state index is 14.1. The quantitative estimate of drug-likeness (QED) is 0.605. The van der Waals surface area contributed by atoms with Gasteiger partial charge in [-0.2, -0.15) is 0 Å². The van der Waals surface area contributed by atoms with Gasteiger partial charge in [-0.3, -0.25) is 4.79 Å². The van der Waals surface area contributed by atoms with Gasteiger partial charge in [0.15, 0.2) is 0 Å². The average molecular weight is 516 g/mol. The van der Waals surface area contributed by atoms with Gasteiger partial charge < -0.3 is 25.0 Å². The largest absolute Gasteiger partial charge is 0.394 e. The number of carbonyl (C=O) groups excluding carboxylic acids is 2. The number of fused-ring (bicyclic) bond motifs is 4. The zero-order valence-corrected chi connectivity index (χ0v) is 22.2. The summed E-state index contributed by atoms with van der Waals surface area (Å²) >= 11 is 0. The van der Waals surface area contributed by atoms with Crippen molar-refractivity contribution in [3.05, 3.63) is 30.1 Å². The number of ether oxygens (including phenoxy) is 1. The molecule has 7 nitrogen and oxygen atoms in total. The van der Waals surface area contributed by atoms with Crippen LogP contribution in [0.4, 0.5) is 14.9 Å². The first-order valence-corrected chi connectivity index (χ1v) is 14.1. The SMILES string of the molecule is CCCC(=O)N1CC2(CCN(C(=O)Nc3ccccc3F)CC2)C2C3CCC(OC)CC3CC2[C@@H]1CO. The topological polar surface area (TPSA) is 82.1 Å². The Bertz CT molecular complexity index is 982. The third-order valence-corrected chi connectivity index (χ3v) is 10.0. The highest BCUT2D eigenvalue weighted by Gasteiger charge is 2.61. The number of aliphatic hydroxyl groups is 1. The van der Waals surface area contributed by atoms with E-state index in [0.29, 0.717) is 49.9 Å². The van der Waals surface area contributed by atoms with Crippen LogP contribution in [0.25, 0.3) is 0 Å². The van der Waals surface area contributed by atoms with Gasteiger partial charge in [0.05, 0.1) is 24.4 Å². The van der Waals surface area contributed by atoms with Crippen molar-refractivity contribution < 1.29 is 23.8 Å². The van der Waals surface area contributed by atoms with Gasteiger partial charge in [-0.05, 0) is 86.2 Å². The predicted molar refractivity (Wildman–Crippen MR) is 139 cm³/mol. The van der Waals surface area contributed by atoms with E-state index in [0.717, 1.165) is 44.9 Å². The van der Waals surface area contributed by atoms with Gasteiger partial charge >= 0.3 is 6.03 Å². The number of urea groups is 1. The maximum absolute atomic E-state index is 14.1. The summed E-state index contributed by atoms with van der Waals surface area (Å²) in [6.45, 7) is 3.87. The first-order chi connectivity index (χ1) is 17.9. The van der Waals surface area contributed by atoms with Crippen molar-refractivity contribution >= 4 is 17.6 Å². The van der Waals surface area contributed by atoms with Crippen molar-refractivity contribution in [2.24, 2.45) is 29.1 Å². The van der Waals surface area contributed by atoms with Crippen LogP contribution < -0.4 is 5.32 Å². The fourth-order valence-corrected chi connectivity index (χ4v) is 8.38. The maximum Gasteiger partial charge on any atom is 0.321 e. The summed E-state index contributed by atoms with van der Waals surface area (Å²) < 4.78 is 19.9. The Morgan fingerprint density at radius 3 is 2.59 bits per heavy atom. The molecule has 4 aliphatic rings. The average Bonchev–Trinajstić information content (AvgIpc) is 3.30. The lowest BCUT2D eigenvalue weighted by Crippen LogP contribution is -2.63. The third-order valence-electron chi connectivity index (χ3n) is 10.0. The number of amides is 3. The summed E-state index contributed by atoms with van der Waals surface area (Å²) in [5, 5.41) is 13.2. The molecule has 6 atom stereocenters. The van der Waals surface area contributed by atoms with Gasteiger partial charge in [-0.1, -0.05) is 19.1 Å². The Hall–Kier alpha value is -2.19. The minimum Gasteiger partial charge on any atom is -0.394 e. The molecule has 37 heavy (non-hydrogen) atoms. The number of hydrogen-bond donors (Lipinski definition) is 2. The number of rotatable bonds is 5. The number of methoxy groups -OCH3 is 1. The molecule has 2 heterocycles. The molecule has 2 saturated carbocycles. The van der Waals surface area contributed by atoms with E-state index in [-0.39, 0.29) is 41.6 Å². The van der Waals surface area contributed by atoms with E-state index in [1.54, 1.807) is 30.2 Å². The fourth-order valence-electron chi connectivity index (χ4n) is 8.38. The highest BCUT2D eigenvalue weighted by Crippen LogP contribution is 2.62. The molecule has 2 N–H and O–H groups in total. The highest BCUT2D eigenvalue weighted by atomic mass is 19.1. The lowest BCUT2D eigenvalue weighted by Gasteiger charge is -2.58. The number of anilines is 1. The van der Waals surface area contributed by atoms with E-state index in [9.17, 15) is 19.1 Å². The van der Waals surface area contributed by atoms with Gasteiger partial charge in [-0.15, -0.1) is 0 Å². The van der Waals surface area contributed by atoms with E-state index < -0.39 is 5.82 Å². The molecule has 2 aliphatic carbocycles. The van der Waals surface area contributed by atoms with Crippen LogP contribution in [0, 0.1) is 34.9 Å². The Morgan fingerprint density at radius 1 is 1.16 bits per heavy atom. The van der Waals surface area contributed by atoms with Crippen LogP contribution in [0.2, 0.25) is 0 Å². The minimum absolute atomic E-state index is 0.0109. The van der Waals surface area contributed by atoms with E-state index in [1.165, 1.54) is 6.07 Å². The highest BCUT2D eigenvalue weighted by molar-refractivity contribution is 5.89. The summed E-state index contributed by atoms with van der Waals surface area (Å²) in [6, 6.07) is 5.84. The normalized spacial score (nSPS) is 32.6. The van der Waals surface area contributed by atoms with Crippen molar-refractivity contribution in [1.82, 2.24) is 9.80 Å². The monoisotopic (exact) mass is 515 g/mol. The van der Waals surface area contributed by atoms with Crippen LogP contribution >= 0.6 is 0 Å². The van der Waals surface area contributed by atoms with Crippen LogP contribution in [0.3, 0.4) is 0 Å². The molecule has 5 unspecified atom stereocenters. The summed E-state index contributed by atoms with van der Waals surface area (Å²) in [4.78, 5) is 30.1. The minimum atomic E-state index is -0.441. The molecule has 8 heteroatoms. The first kappa shape index (κ1) is 26.4. The zero-order valence-electron chi connectivity index (χ0n) is 22.2. The Balaban J connectivity index is 1.38. The van der Waals surface area contributed by atoms with Crippen LogP contribution in [-0.4, -0.2) is 72.3 Å². The van der Waals surface area contributed by atoms with E-state index in [4.69, 9.17) is 4.74 Å². The summed E-state index contributed by atoms with van der Waals surface area (Å²) in [5.74, 6) is 1.56. The molecule has 2 saturated heterocycles. The fraction of sp³-hybridized carbons (Fsp3) is 0.724. The van der Waals surface area contributed by atoms with Crippen molar-refractivity contribution in [3.8, 4) is 0 Å². The van der Waals surface area contributed by atoms with Crippen LogP contribution in [0.15, 0.2) is 24.3 Å². The van der Waals surface area contributed by atoms with Crippen LogP contribution in [-0.2, 0) is 9.53 Å². The number of carbonyl (C=O) groups is 2. The Labute approximate surface area is 219 Å². The number of nitrogens with zero attached hydrogens (tertiary/aromatic N) is 2. The summed E-state index contributed by atoms with van der Waals surface area (Å²) in [6.07, 6.45) is 7.53. The Morgan fingerprint density at radius 2 is 1.92 bits per heavy atom. The molecule has 3 amide bonds. The molecular weight excluding hydrogens is 473 g/mol. The number of para-hydroxylation sites is 1. The molecule has 204 valence electrons. The molecule has 0 bridgehead atoms. The predicted octanol–water partition coefficient (Wildman–Crippen LogP) is 4.51. The van der Waals surface area contributed by atoms with Gasteiger partial charge in [0.1, 0.15) is 5.82 Å². The molecule has 4 fully saturated rings. The second kappa shape index (κ2) is 10.9. The summed E-state index contributed by atoms with van der Waals surface area (Å²) in [7, 11) is 1.80. The second-order valence-electron chi connectivity index (χ2n) is 11.8. The van der Waals surface area contributed by atoms with Gasteiger partial charge in [0.25, 0.3) is 0 Å². The number of nitrogens with one attached hydrogen (secondary N) is 1. The molecule has 0 aromatic heterocycles.